The molecule has 8 heteroatoms. The fourth-order valence-corrected chi connectivity index (χ4v) is 4.56. The molecule has 1 aliphatic heterocycles. The zero-order chi connectivity index (χ0) is 21.6. The lowest BCUT2D eigenvalue weighted by Crippen LogP contribution is -2.50. The molecule has 29 heavy (non-hydrogen) atoms. The van der Waals surface area contributed by atoms with E-state index in [1.165, 1.54) is 11.8 Å². The Kier molecular flexibility index (Phi) is 8.64. The van der Waals surface area contributed by atoms with Gasteiger partial charge in [0, 0.05) is 13.1 Å². The number of rotatable bonds is 10. The van der Waals surface area contributed by atoms with E-state index in [0.29, 0.717) is 30.2 Å². The van der Waals surface area contributed by atoms with Crippen LogP contribution in [0.1, 0.15) is 31.2 Å². The molecule has 0 radical (unpaired) electrons. The van der Waals surface area contributed by atoms with E-state index in [4.69, 9.17) is 9.47 Å². The predicted octanol–water partition coefficient (Wildman–Crippen LogP) is 2.37. The highest BCUT2D eigenvalue weighted by Crippen LogP contribution is 2.43. The smallest absolute Gasteiger partial charge is 0.242 e. The van der Waals surface area contributed by atoms with Crippen molar-refractivity contribution in [1.82, 2.24) is 15.1 Å². The first kappa shape index (κ1) is 23.3. The maximum absolute atomic E-state index is 13.0. The first-order valence-electron chi connectivity index (χ1n) is 9.85. The van der Waals surface area contributed by atoms with E-state index in [2.05, 4.69) is 19.2 Å². The first-order chi connectivity index (χ1) is 13.8. The summed E-state index contributed by atoms with van der Waals surface area (Å²) in [7, 11) is 7.11. The highest BCUT2D eigenvalue weighted by molar-refractivity contribution is 8.00. The lowest BCUT2D eigenvalue weighted by atomic mass is 10.0. The van der Waals surface area contributed by atoms with Crippen molar-refractivity contribution >= 4 is 23.6 Å². The van der Waals surface area contributed by atoms with E-state index in [0.717, 1.165) is 12.1 Å². The first-order valence-corrected chi connectivity index (χ1v) is 10.9. The Morgan fingerprint density at radius 2 is 1.97 bits per heavy atom. The van der Waals surface area contributed by atoms with Crippen LogP contribution in [0.3, 0.4) is 0 Å². The number of ether oxygens (including phenoxy) is 2. The van der Waals surface area contributed by atoms with Gasteiger partial charge in [-0.15, -0.1) is 11.8 Å². The Hall–Kier alpha value is -1.93. The van der Waals surface area contributed by atoms with E-state index in [1.807, 2.05) is 37.2 Å². The molecule has 1 heterocycles. The number of nitrogens with one attached hydrogen (secondary N) is 1. The molecule has 1 N–H and O–H groups in total. The summed E-state index contributed by atoms with van der Waals surface area (Å²) in [6.45, 7) is 5.44. The van der Waals surface area contributed by atoms with Crippen LogP contribution in [0.25, 0.3) is 0 Å². The van der Waals surface area contributed by atoms with Crippen LogP contribution in [0.2, 0.25) is 0 Å². The lowest BCUT2D eigenvalue weighted by Gasteiger charge is -2.33. The maximum Gasteiger partial charge on any atom is 0.242 e. The van der Waals surface area contributed by atoms with E-state index in [1.54, 1.807) is 19.1 Å². The van der Waals surface area contributed by atoms with E-state index >= 15 is 0 Å². The third-order valence-corrected chi connectivity index (χ3v) is 6.02. The van der Waals surface area contributed by atoms with E-state index in [9.17, 15) is 9.59 Å². The average molecular weight is 424 g/mol. The average Bonchev–Trinajstić information content (AvgIpc) is 3.06. The van der Waals surface area contributed by atoms with Gasteiger partial charge in [0.25, 0.3) is 0 Å². The molecular formula is C21H33N3O4S. The number of carbonyl (C=O) groups is 2. The zero-order valence-corrected chi connectivity index (χ0v) is 19.0. The Bertz CT molecular complexity index is 711. The third kappa shape index (κ3) is 6.02. The zero-order valence-electron chi connectivity index (χ0n) is 18.2. The summed E-state index contributed by atoms with van der Waals surface area (Å²) in [5, 5.41) is 2.77. The summed E-state index contributed by atoms with van der Waals surface area (Å²) in [6.07, 6.45) is 0.615. The summed E-state index contributed by atoms with van der Waals surface area (Å²) in [5.41, 5.74) is 0.924. The molecule has 1 aromatic carbocycles. The largest absolute Gasteiger partial charge is 0.493 e. The highest BCUT2D eigenvalue weighted by Gasteiger charge is 2.41. The molecule has 2 rings (SSSR count). The molecule has 2 atom stereocenters. The van der Waals surface area contributed by atoms with Gasteiger partial charge in [0.2, 0.25) is 11.8 Å². The number of carbonyl (C=O) groups excluding carboxylic acids is 2. The molecule has 7 nitrogen and oxygen atoms in total. The van der Waals surface area contributed by atoms with Crippen LogP contribution in [-0.4, -0.2) is 74.8 Å². The molecule has 1 fully saturated rings. The quantitative estimate of drug-likeness (QED) is 0.623. The van der Waals surface area contributed by atoms with Gasteiger partial charge in [0.15, 0.2) is 11.5 Å². The van der Waals surface area contributed by atoms with Crippen molar-refractivity contribution in [3.63, 3.8) is 0 Å². The van der Waals surface area contributed by atoms with E-state index < -0.39 is 6.04 Å². The number of thioether (sulfide) groups is 1. The van der Waals surface area contributed by atoms with Gasteiger partial charge >= 0.3 is 0 Å². The highest BCUT2D eigenvalue weighted by atomic mass is 32.2. The monoisotopic (exact) mass is 423 g/mol. The molecule has 1 saturated heterocycles. The normalized spacial score (nSPS) is 17.7. The molecule has 0 saturated carbocycles. The standard InChI is InChI=1S/C21H33N3O4S/c1-14(2)11-16(20(26)22-9-10-23(3)4)24-19(25)13-29-21(24)15-7-8-17(27-5)18(12-15)28-6/h7-8,12,14,16,21H,9-11,13H2,1-6H3,(H,22,26)/t16-,21+/m0/s1. The molecule has 0 bridgehead atoms. The minimum Gasteiger partial charge on any atom is -0.493 e. The third-order valence-electron chi connectivity index (χ3n) is 4.79. The van der Waals surface area contributed by atoms with Crippen molar-refractivity contribution in [3.05, 3.63) is 23.8 Å². The van der Waals surface area contributed by atoms with Gasteiger partial charge in [-0.1, -0.05) is 19.9 Å². The summed E-state index contributed by atoms with van der Waals surface area (Å²) in [4.78, 5) is 29.6. The van der Waals surface area contributed by atoms with E-state index in [-0.39, 0.29) is 23.1 Å². The summed E-state index contributed by atoms with van der Waals surface area (Å²) in [6, 6.07) is 5.15. The van der Waals surface area contributed by atoms with Crippen molar-refractivity contribution in [1.29, 1.82) is 0 Å². The number of benzene rings is 1. The topological polar surface area (TPSA) is 71.1 Å². The van der Waals surface area contributed by atoms with Crippen LogP contribution in [0, 0.1) is 5.92 Å². The Morgan fingerprint density at radius 1 is 1.28 bits per heavy atom. The molecule has 162 valence electrons. The maximum atomic E-state index is 13.0. The van der Waals surface area contributed by atoms with Crippen molar-refractivity contribution in [2.24, 2.45) is 5.92 Å². The molecule has 0 unspecified atom stereocenters. The summed E-state index contributed by atoms with van der Waals surface area (Å²) >= 11 is 1.54. The van der Waals surface area contributed by atoms with Gasteiger partial charge in [-0.2, -0.15) is 0 Å². The van der Waals surface area contributed by atoms with Crippen molar-refractivity contribution in [3.8, 4) is 11.5 Å². The lowest BCUT2D eigenvalue weighted by molar-refractivity contribution is -0.139. The fraction of sp³-hybridized carbons (Fsp3) is 0.619. The molecule has 1 aromatic rings. The second-order valence-electron chi connectivity index (χ2n) is 7.82. The Labute approximate surface area is 178 Å². The van der Waals surface area contributed by atoms with Crippen molar-refractivity contribution in [2.75, 3.05) is 47.2 Å². The van der Waals surface area contributed by atoms with Crippen molar-refractivity contribution in [2.45, 2.75) is 31.7 Å². The second-order valence-corrected chi connectivity index (χ2v) is 8.89. The van der Waals surface area contributed by atoms with Crippen LogP contribution in [-0.2, 0) is 9.59 Å². The minimum atomic E-state index is -0.502. The molecule has 1 aliphatic rings. The van der Waals surface area contributed by atoms with Crippen LogP contribution in [0.15, 0.2) is 18.2 Å². The minimum absolute atomic E-state index is 0.0109. The molecule has 2 amide bonds. The number of hydrogen-bond acceptors (Lipinski definition) is 6. The van der Waals surface area contributed by atoms with Gasteiger partial charge in [-0.05, 0) is 44.1 Å². The number of methoxy groups -OCH3 is 2. The van der Waals surface area contributed by atoms with Crippen LogP contribution in [0.5, 0.6) is 11.5 Å². The molecule has 0 aromatic heterocycles. The number of amides is 2. The van der Waals surface area contributed by atoms with Gasteiger partial charge in [-0.25, -0.2) is 0 Å². The van der Waals surface area contributed by atoms with Gasteiger partial charge < -0.3 is 24.6 Å². The van der Waals surface area contributed by atoms with Crippen molar-refractivity contribution < 1.29 is 19.1 Å². The van der Waals surface area contributed by atoms with Gasteiger partial charge in [0.1, 0.15) is 11.4 Å². The van der Waals surface area contributed by atoms with Gasteiger partial charge in [-0.3, -0.25) is 9.59 Å². The SMILES string of the molecule is COc1ccc([C@H]2SCC(=O)N2[C@@H](CC(C)C)C(=O)NCCN(C)C)cc1OC. The van der Waals surface area contributed by atoms with Gasteiger partial charge in [0.05, 0.1) is 20.0 Å². The Morgan fingerprint density at radius 3 is 2.55 bits per heavy atom. The number of nitrogens with zero attached hydrogens (tertiary/aromatic N) is 2. The second kappa shape index (κ2) is 10.7. The molecular weight excluding hydrogens is 390 g/mol. The van der Waals surface area contributed by atoms with Crippen LogP contribution in [0.4, 0.5) is 0 Å². The number of likely N-dealkylation sites (N-methyl/N-ethyl adjacent to an activating group) is 1. The molecule has 0 aliphatic carbocycles. The molecule has 0 spiro atoms. The summed E-state index contributed by atoms with van der Waals surface area (Å²) in [5.74, 6) is 1.78. The van der Waals surface area contributed by atoms with Crippen LogP contribution >= 0.6 is 11.8 Å². The number of hydrogen-bond donors (Lipinski definition) is 1. The fourth-order valence-electron chi connectivity index (χ4n) is 3.35. The van der Waals surface area contributed by atoms with Crippen LogP contribution < -0.4 is 14.8 Å². The predicted molar refractivity (Wildman–Crippen MR) is 116 cm³/mol. The summed E-state index contributed by atoms with van der Waals surface area (Å²) < 4.78 is 10.7. The Balaban J connectivity index is 2.29.